The van der Waals surface area contributed by atoms with Gasteiger partial charge in [-0.3, -0.25) is 0 Å². The lowest BCUT2D eigenvalue weighted by Gasteiger charge is -2.23. The molecule has 1 heteroatoms. The highest BCUT2D eigenvalue weighted by Gasteiger charge is 2.18. The molecule has 0 saturated heterocycles. The number of hydrogen-bond donors (Lipinski definition) is 0. The second-order valence-electron chi connectivity index (χ2n) is 4.82. The summed E-state index contributed by atoms with van der Waals surface area (Å²) in [5, 5.41) is 0. The smallest absolute Gasteiger partial charge is 0.163 e. The molecule has 0 bridgehead atoms. The Hall–Kier alpha value is -1.42. The van der Waals surface area contributed by atoms with E-state index in [4.69, 9.17) is 11.2 Å². The highest BCUT2D eigenvalue weighted by molar-refractivity contribution is 5.47. The summed E-state index contributed by atoms with van der Waals surface area (Å²) in [6.45, 7) is 12.2. The van der Waals surface area contributed by atoms with Crippen LogP contribution < -0.4 is 4.74 Å². The predicted octanol–water partition coefficient (Wildman–Crippen LogP) is 3.71. The minimum absolute atomic E-state index is 0.557. The van der Waals surface area contributed by atoms with E-state index in [0.717, 1.165) is 5.75 Å². The molecule has 0 heterocycles. The third kappa shape index (κ3) is 2.39. The van der Waals surface area contributed by atoms with Gasteiger partial charge in [-0.15, -0.1) is 6.42 Å². The van der Waals surface area contributed by atoms with Gasteiger partial charge in [-0.1, -0.05) is 5.92 Å². The minimum Gasteiger partial charge on any atom is -0.475 e. The predicted molar refractivity (Wildman–Crippen MR) is 68.9 cm³/mol. The molecule has 0 amide bonds. The zero-order valence-corrected chi connectivity index (χ0v) is 11.1. The van der Waals surface area contributed by atoms with Crippen molar-refractivity contribution in [1.82, 2.24) is 0 Å². The molecule has 0 aliphatic carbocycles. The van der Waals surface area contributed by atoms with E-state index in [-0.39, 0.29) is 0 Å². The van der Waals surface area contributed by atoms with Gasteiger partial charge in [-0.05, 0) is 69.9 Å². The SMILES string of the molecule is C#CC(C)(C)Oc1cc(C)c(C)c(C)c1C. The van der Waals surface area contributed by atoms with E-state index in [2.05, 4.69) is 39.7 Å². The van der Waals surface area contributed by atoms with Gasteiger partial charge in [0, 0.05) is 0 Å². The zero-order valence-electron chi connectivity index (χ0n) is 11.1. The molecular weight excluding hydrogens is 196 g/mol. The van der Waals surface area contributed by atoms with Crippen molar-refractivity contribution < 1.29 is 4.74 Å². The average Bonchev–Trinajstić information content (AvgIpc) is 2.22. The molecule has 0 spiro atoms. The Balaban J connectivity index is 3.23. The largest absolute Gasteiger partial charge is 0.475 e. The number of aryl methyl sites for hydroxylation is 1. The zero-order chi connectivity index (χ0) is 12.5. The van der Waals surface area contributed by atoms with Gasteiger partial charge in [0.15, 0.2) is 5.60 Å². The van der Waals surface area contributed by atoms with Crippen LogP contribution in [0.2, 0.25) is 0 Å². The van der Waals surface area contributed by atoms with Crippen LogP contribution in [0.1, 0.15) is 36.1 Å². The standard InChI is InChI=1S/C15H20O/c1-8-15(6,7)16-14-9-10(2)11(3)12(4)13(14)5/h1,9H,2-7H3. The van der Waals surface area contributed by atoms with E-state index in [1.807, 2.05) is 13.8 Å². The summed E-state index contributed by atoms with van der Waals surface area (Å²) in [5.41, 5.74) is 4.46. The molecule has 0 aliphatic heterocycles. The first-order valence-electron chi connectivity index (χ1n) is 5.52. The van der Waals surface area contributed by atoms with Crippen molar-refractivity contribution in [2.45, 2.75) is 47.1 Å². The monoisotopic (exact) mass is 216 g/mol. The molecule has 0 radical (unpaired) electrons. The topological polar surface area (TPSA) is 9.23 Å². The van der Waals surface area contributed by atoms with Crippen molar-refractivity contribution in [3.8, 4) is 18.1 Å². The van der Waals surface area contributed by atoms with Crippen molar-refractivity contribution >= 4 is 0 Å². The van der Waals surface area contributed by atoms with E-state index in [0.29, 0.717) is 0 Å². The van der Waals surface area contributed by atoms with Crippen LogP contribution in [0.3, 0.4) is 0 Å². The average molecular weight is 216 g/mol. The Morgan fingerprint density at radius 2 is 1.62 bits per heavy atom. The molecule has 1 aromatic rings. The van der Waals surface area contributed by atoms with E-state index in [1.54, 1.807) is 0 Å². The van der Waals surface area contributed by atoms with Crippen molar-refractivity contribution in [3.05, 3.63) is 28.3 Å². The van der Waals surface area contributed by atoms with E-state index >= 15 is 0 Å². The quantitative estimate of drug-likeness (QED) is 0.685. The highest BCUT2D eigenvalue weighted by atomic mass is 16.5. The van der Waals surface area contributed by atoms with Crippen LogP contribution in [0.15, 0.2) is 6.07 Å². The molecule has 1 nitrogen and oxygen atoms in total. The summed E-state index contributed by atoms with van der Waals surface area (Å²) in [4.78, 5) is 0. The third-order valence-corrected chi connectivity index (χ3v) is 3.15. The van der Waals surface area contributed by atoms with Gasteiger partial charge in [0.05, 0.1) is 0 Å². The first-order chi connectivity index (χ1) is 7.28. The van der Waals surface area contributed by atoms with Crippen LogP contribution in [0.5, 0.6) is 5.75 Å². The van der Waals surface area contributed by atoms with Crippen molar-refractivity contribution in [3.63, 3.8) is 0 Å². The van der Waals surface area contributed by atoms with E-state index in [9.17, 15) is 0 Å². The summed E-state index contributed by atoms with van der Waals surface area (Å²) in [7, 11) is 0. The number of benzene rings is 1. The van der Waals surface area contributed by atoms with Crippen LogP contribution in [-0.2, 0) is 0 Å². The molecule has 1 rings (SSSR count). The lowest BCUT2D eigenvalue weighted by molar-refractivity contribution is 0.171. The lowest BCUT2D eigenvalue weighted by Crippen LogP contribution is -2.26. The summed E-state index contributed by atoms with van der Waals surface area (Å²) >= 11 is 0. The second-order valence-corrected chi connectivity index (χ2v) is 4.82. The Kier molecular flexibility index (Phi) is 3.33. The summed E-state index contributed by atoms with van der Waals surface area (Å²) in [6, 6.07) is 2.07. The van der Waals surface area contributed by atoms with Crippen LogP contribution in [-0.4, -0.2) is 5.60 Å². The maximum Gasteiger partial charge on any atom is 0.163 e. The Labute approximate surface area is 98.8 Å². The van der Waals surface area contributed by atoms with Gasteiger partial charge >= 0.3 is 0 Å². The van der Waals surface area contributed by atoms with E-state index in [1.165, 1.54) is 22.3 Å². The number of hydrogen-bond acceptors (Lipinski definition) is 1. The van der Waals surface area contributed by atoms with Crippen LogP contribution in [0.25, 0.3) is 0 Å². The fourth-order valence-corrected chi connectivity index (χ4v) is 1.59. The molecule has 0 fully saturated rings. The number of ether oxygens (including phenoxy) is 1. The van der Waals surface area contributed by atoms with E-state index < -0.39 is 5.60 Å². The lowest BCUT2D eigenvalue weighted by atomic mass is 9.98. The molecule has 0 unspecified atom stereocenters. The van der Waals surface area contributed by atoms with Gasteiger partial charge in [-0.25, -0.2) is 0 Å². The minimum atomic E-state index is -0.557. The number of rotatable bonds is 2. The Morgan fingerprint density at radius 3 is 2.12 bits per heavy atom. The van der Waals surface area contributed by atoms with Crippen LogP contribution >= 0.6 is 0 Å². The van der Waals surface area contributed by atoms with Gasteiger partial charge in [0.25, 0.3) is 0 Å². The second kappa shape index (κ2) is 4.22. The molecule has 86 valence electrons. The molecule has 0 N–H and O–H groups in total. The fraction of sp³-hybridized carbons (Fsp3) is 0.467. The van der Waals surface area contributed by atoms with Crippen molar-refractivity contribution in [1.29, 1.82) is 0 Å². The van der Waals surface area contributed by atoms with Gasteiger partial charge in [-0.2, -0.15) is 0 Å². The van der Waals surface area contributed by atoms with Crippen LogP contribution in [0, 0.1) is 40.0 Å². The molecule has 0 aromatic heterocycles. The normalized spacial score (nSPS) is 11.1. The number of terminal acetylenes is 1. The molecular formula is C15H20O. The van der Waals surface area contributed by atoms with Gasteiger partial charge < -0.3 is 4.74 Å². The fourth-order valence-electron chi connectivity index (χ4n) is 1.59. The Morgan fingerprint density at radius 1 is 1.06 bits per heavy atom. The maximum absolute atomic E-state index is 5.86. The highest BCUT2D eigenvalue weighted by Crippen LogP contribution is 2.29. The van der Waals surface area contributed by atoms with Crippen molar-refractivity contribution in [2.24, 2.45) is 0 Å². The molecule has 0 atom stereocenters. The summed E-state index contributed by atoms with van der Waals surface area (Å²) in [6.07, 6.45) is 5.44. The third-order valence-electron chi connectivity index (χ3n) is 3.15. The molecule has 0 saturated carbocycles. The van der Waals surface area contributed by atoms with Crippen LogP contribution in [0.4, 0.5) is 0 Å². The summed E-state index contributed by atoms with van der Waals surface area (Å²) in [5.74, 6) is 3.54. The first kappa shape index (κ1) is 12.6. The molecule has 0 aliphatic rings. The van der Waals surface area contributed by atoms with Crippen molar-refractivity contribution in [2.75, 3.05) is 0 Å². The van der Waals surface area contributed by atoms with Gasteiger partial charge in [0.2, 0.25) is 0 Å². The molecule has 1 aromatic carbocycles. The first-order valence-corrected chi connectivity index (χ1v) is 5.52. The molecule has 16 heavy (non-hydrogen) atoms. The maximum atomic E-state index is 5.86. The Bertz CT molecular complexity index is 447. The van der Waals surface area contributed by atoms with Gasteiger partial charge in [0.1, 0.15) is 5.75 Å². The summed E-state index contributed by atoms with van der Waals surface area (Å²) < 4.78 is 5.86.